The van der Waals surface area contributed by atoms with Gasteiger partial charge in [-0.3, -0.25) is 14.8 Å². The number of carbonyl (C=O) groups is 2. The minimum Gasteiger partial charge on any atom is -0.463 e. The number of ether oxygens (including phenoxy) is 1. The van der Waals surface area contributed by atoms with E-state index in [0.29, 0.717) is 24.4 Å². The number of pyridine rings is 2. The maximum Gasteiger partial charge on any atom is 0.330 e. The average Bonchev–Trinajstić information content (AvgIpc) is 2.61. The Bertz CT molecular complexity index is 902. The van der Waals surface area contributed by atoms with Gasteiger partial charge in [0.1, 0.15) is 0 Å². The van der Waals surface area contributed by atoms with Crippen LogP contribution in [0.1, 0.15) is 35.0 Å². The van der Waals surface area contributed by atoms with Gasteiger partial charge in [0.2, 0.25) is 0 Å². The van der Waals surface area contributed by atoms with Crippen molar-refractivity contribution >= 4 is 29.6 Å². The molecule has 0 aromatic carbocycles. The maximum absolute atomic E-state index is 11.0. The zero-order chi connectivity index (χ0) is 19.8. The van der Waals surface area contributed by atoms with Gasteiger partial charge in [0, 0.05) is 24.9 Å². The van der Waals surface area contributed by atoms with Crippen LogP contribution in [-0.4, -0.2) is 28.3 Å². The fraction of sp³-hybridized carbons (Fsp3) is 0.238. The number of ketones is 1. The summed E-state index contributed by atoms with van der Waals surface area (Å²) in [5, 5.41) is 0. The van der Waals surface area contributed by atoms with Gasteiger partial charge in [0.05, 0.1) is 23.7 Å². The molecule has 0 saturated carbocycles. The Kier molecular flexibility index (Phi) is 7.00. The van der Waals surface area contributed by atoms with Crippen LogP contribution in [0.2, 0.25) is 0 Å². The third kappa shape index (κ3) is 6.18. The van der Waals surface area contributed by atoms with Crippen molar-refractivity contribution in [2.24, 2.45) is 0 Å². The molecular weight excluding hydrogens is 342 g/mol. The van der Waals surface area contributed by atoms with Gasteiger partial charge >= 0.3 is 5.97 Å². The van der Waals surface area contributed by atoms with E-state index in [2.05, 4.69) is 9.97 Å². The second-order valence-corrected chi connectivity index (χ2v) is 6.11. The lowest BCUT2D eigenvalue weighted by Gasteiger charge is -2.08. The number of nitrogen functional groups attached to an aromatic ring is 1. The van der Waals surface area contributed by atoms with Gasteiger partial charge in [0.25, 0.3) is 0 Å². The lowest BCUT2D eigenvalue weighted by atomic mass is 10.0. The summed E-state index contributed by atoms with van der Waals surface area (Å²) in [4.78, 5) is 30.3. The summed E-state index contributed by atoms with van der Waals surface area (Å²) in [5.74, 6) is -0.228. The maximum atomic E-state index is 11.0. The lowest BCUT2D eigenvalue weighted by Crippen LogP contribution is -2.06. The van der Waals surface area contributed by atoms with Crippen LogP contribution in [0, 0.1) is 13.8 Å². The molecular formula is C21H23N3O3. The highest BCUT2D eigenvalue weighted by Gasteiger charge is 2.10. The summed E-state index contributed by atoms with van der Waals surface area (Å²) in [6.45, 7) is 6.00. The van der Waals surface area contributed by atoms with Gasteiger partial charge in [-0.1, -0.05) is 6.07 Å². The number of carbonyl (C=O) groups excluding carboxylic acids is 2. The number of aromatic nitrogens is 2. The highest BCUT2D eigenvalue weighted by molar-refractivity contribution is 5.97. The molecule has 0 aliphatic heterocycles. The first-order chi connectivity index (χ1) is 12.9. The topological polar surface area (TPSA) is 95.2 Å². The molecule has 6 nitrogen and oxygen atoms in total. The number of fused-ring (bicyclic) bond motifs is 1. The van der Waals surface area contributed by atoms with Gasteiger partial charge in [0.15, 0.2) is 5.78 Å². The molecule has 6 heteroatoms. The first-order valence-electron chi connectivity index (χ1n) is 8.62. The Balaban J connectivity index is 0.000000198. The number of anilines is 1. The molecule has 2 heterocycles. The van der Waals surface area contributed by atoms with Crippen molar-refractivity contribution in [3.05, 3.63) is 64.8 Å². The minimum atomic E-state index is -0.390. The first kappa shape index (κ1) is 20.0. The molecule has 0 atom stereocenters. The molecule has 1 aliphatic carbocycles. The van der Waals surface area contributed by atoms with E-state index in [1.165, 1.54) is 6.08 Å². The van der Waals surface area contributed by atoms with Crippen molar-refractivity contribution < 1.29 is 14.3 Å². The average molecular weight is 365 g/mol. The Morgan fingerprint density at radius 1 is 1.19 bits per heavy atom. The molecule has 2 aromatic rings. The predicted molar refractivity (Wildman–Crippen MR) is 106 cm³/mol. The smallest absolute Gasteiger partial charge is 0.330 e. The molecule has 0 amide bonds. The molecule has 3 rings (SSSR count). The molecule has 0 unspecified atom stereocenters. The normalized spacial score (nSPS) is 12.3. The molecule has 2 N–H and O–H groups in total. The fourth-order valence-corrected chi connectivity index (χ4v) is 2.43. The van der Waals surface area contributed by atoms with Crippen LogP contribution in [0.5, 0.6) is 0 Å². The summed E-state index contributed by atoms with van der Waals surface area (Å²) >= 11 is 0. The van der Waals surface area contributed by atoms with E-state index >= 15 is 0 Å². The minimum absolute atomic E-state index is 0.162. The van der Waals surface area contributed by atoms with Crippen molar-refractivity contribution in [3.63, 3.8) is 0 Å². The summed E-state index contributed by atoms with van der Waals surface area (Å²) in [7, 11) is 0. The van der Waals surface area contributed by atoms with Crippen LogP contribution >= 0.6 is 0 Å². The number of esters is 1. The molecule has 0 bridgehead atoms. The van der Waals surface area contributed by atoms with Crippen molar-refractivity contribution in [2.45, 2.75) is 27.2 Å². The SMILES string of the molecule is CCOC(=O)/C=C/c1ncc(C)cc1N.Cc1cnc2c(c1)CC(=O)C=C2. The predicted octanol–water partition coefficient (Wildman–Crippen LogP) is 3.08. The van der Waals surface area contributed by atoms with Crippen molar-refractivity contribution in [2.75, 3.05) is 12.3 Å². The summed E-state index contributed by atoms with van der Waals surface area (Å²) in [6.07, 6.45) is 10.2. The molecule has 0 spiro atoms. The van der Waals surface area contributed by atoms with E-state index in [1.54, 1.807) is 37.4 Å². The van der Waals surface area contributed by atoms with Crippen LogP contribution in [0.25, 0.3) is 12.2 Å². The van der Waals surface area contributed by atoms with E-state index < -0.39 is 0 Å². The second-order valence-electron chi connectivity index (χ2n) is 6.11. The van der Waals surface area contributed by atoms with E-state index in [4.69, 9.17) is 10.5 Å². The Morgan fingerprint density at radius 2 is 1.89 bits per heavy atom. The monoisotopic (exact) mass is 365 g/mol. The molecule has 0 fully saturated rings. The van der Waals surface area contributed by atoms with E-state index in [9.17, 15) is 9.59 Å². The number of rotatable bonds is 3. The van der Waals surface area contributed by atoms with Gasteiger partial charge < -0.3 is 10.5 Å². The Morgan fingerprint density at radius 3 is 2.59 bits per heavy atom. The van der Waals surface area contributed by atoms with Crippen LogP contribution < -0.4 is 5.73 Å². The molecule has 27 heavy (non-hydrogen) atoms. The number of nitrogens with two attached hydrogens (primary N) is 1. The molecule has 1 aliphatic rings. The number of hydrogen-bond acceptors (Lipinski definition) is 6. The number of nitrogens with zero attached hydrogens (tertiary/aromatic N) is 2. The van der Waals surface area contributed by atoms with E-state index in [1.807, 2.05) is 26.1 Å². The largest absolute Gasteiger partial charge is 0.463 e. The van der Waals surface area contributed by atoms with Crippen molar-refractivity contribution in [1.29, 1.82) is 0 Å². The standard InChI is InChI=1S/C11H14N2O2.C10H9NO/c1-3-15-11(14)5-4-10-9(12)6-8(2)7-13-10;1-7-4-8-5-9(12)2-3-10(8)11-6-7/h4-7H,3,12H2,1-2H3;2-4,6H,5H2,1H3/b5-4+;. The molecule has 0 saturated heterocycles. The number of aryl methyl sites for hydroxylation is 2. The zero-order valence-electron chi connectivity index (χ0n) is 15.7. The van der Waals surface area contributed by atoms with Crippen LogP contribution in [0.15, 0.2) is 36.7 Å². The zero-order valence-corrected chi connectivity index (χ0v) is 15.7. The molecule has 140 valence electrons. The van der Waals surface area contributed by atoms with Gasteiger partial charge in [-0.05, 0) is 61.8 Å². The third-order valence-corrected chi connectivity index (χ3v) is 3.68. The summed E-state index contributed by atoms with van der Waals surface area (Å²) < 4.78 is 4.73. The number of allylic oxidation sites excluding steroid dienone is 1. The first-order valence-corrected chi connectivity index (χ1v) is 8.62. The van der Waals surface area contributed by atoms with E-state index in [-0.39, 0.29) is 11.8 Å². The van der Waals surface area contributed by atoms with Gasteiger partial charge in [-0.2, -0.15) is 0 Å². The lowest BCUT2D eigenvalue weighted by molar-refractivity contribution is -0.137. The van der Waals surface area contributed by atoms with Gasteiger partial charge in [-0.15, -0.1) is 0 Å². The second kappa shape index (κ2) is 9.43. The van der Waals surface area contributed by atoms with Crippen LogP contribution in [-0.2, 0) is 20.7 Å². The number of hydrogen-bond donors (Lipinski definition) is 1. The molecule has 2 aromatic heterocycles. The van der Waals surface area contributed by atoms with Gasteiger partial charge in [-0.25, -0.2) is 4.79 Å². The van der Waals surface area contributed by atoms with Crippen molar-refractivity contribution in [3.8, 4) is 0 Å². The summed E-state index contributed by atoms with van der Waals surface area (Å²) in [6, 6.07) is 3.82. The third-order valence-electron chi connectivity index (χ3n) is 3.68. The fourth-order valence-electron chi connectivity index (χ4n) is 2.43. The molecule has 0 radical (unpaired) electrons. The van der Waals surface area contributed by atoms with Crippen molar-refractivity contribution in [1.82, 2.24) is 9.97 Å². The highest BCUT2D eigenvalue weighted by Crippen LogP contribution is 2.15. The van der Waals surface area contributed by atoms with Crippen LogP contribution in [0.4, 0.5) is 5.69 Å². The van der Waals surface area contributed by atoms with Crippen LogP contribution in [0.3, 0.4) is 0 Å². The Hall–Kier alpha value is -3.28. The Labute approximate surface area is 158 Å². The summed E-state index contributed by atoms with van der Waals surface area (Å²) in [5.41, 5.74) is 10.9. The quantitative estimate of drug-likeness (QED) is 0.663. The highest BCUT2D eigenvalue weighted by atomic mass is 16.5. The van der Waals surface area contributed by atoms with E-state index in [0.717, 1.165) is 22.4 Å².